The number of amides is 2. The van der Waals surface area contributed by atoms with Gasteiger partial charge in [0.15, 0.2) is 0 Å². The summed E-state index contributed by atoms with van der Waals surface area (Å²) < 4.78 is 0. The van der Waals surface area contributed by atoms with Crippen LogP contribution in [0.1, 0.15) is 42.6 Å². The second-order valence-corrected chi connectivity index (χ2v) is 6.26. The molecule has 0 aliphatic heterocycles. The van der Waals surface area contributed by atoms with E-state index in [1.807, 2.05) is 32.0 Å². The molecule has 0 saturated heterocycles. The van der Waals surface area contributed by atoms with E-state index >= 15 is 0 Å². The van der Waals surface area contributed by atoms with Crippen LogP contribution in [0.5, 0.6) is 0 Å². The molecule has 0 atom stereocenters. The van der Waals surface area contributed by atoms with E-state index < -0.39 is 0 Å². The molecule has 2 amide bonds. The molecule has 5 heteroatoms. The van der Waals surface area contributed by atoms with Crippen molar-refractivity contribution in [3.63, 3.8) is 0 Å². The predicted molar refractivity (Wildman–Crippen MR) is 102 cm³/mol. The maximum absolute atomic E-state index is 12.2. The van der Waals surface area contributed by atoms with Crippen LogP contribution in [0.25, 0.3) is 0 Å². The average molecular weight is 359 g/mol. The Labute approximate surface area is 153 Å². The number of hydrogen-bond donors (Lipinski definition) is 2. The van der Waals surface area contributed by atoms with Crippen LogP contribution in [-0.4, -0.2) is 11.8 Å². The molecule has 0 unspecified atom stereocenters. The Morgan fingerprint density at radius 1 is 1.00 bits per heavy atom. The summed E-state index contributed by atoms with van der Waals surface area (Å²) in [5.74, 6) is -0.155. The van der Waals surface area contributed by atoms with Gasteiger partial charge in [-0.2, -0.15) is 0 Å². The Morgan fingerprint density at radius 2 is 1.64 bits per heavy atom. The average Bonchev–Trinajstić information content (AvgIpc) is 2.62. The molecule has 0 saturated carbocycles. The van der Waals surface area contributed by atoms with Gasteiger partial charge >= 0.3 is 0 Å². The van der Waals surface area contributed by atoms with E-state index in [4.69, 9.17) is 11.6 Å². The molecule has 0 aliphatic rings. The van der Waals surface area contributed by atoms with Crippen molar-refractivity contribution in [1.29, 1.82) is 0 Å². The Hall–Kier alpha value is -2.33. The van der Waals surface area contributed by atoms with Crippen LogP contribution in [0.3, 0.4) is 0 Å². The van der Waals surface area contributed by atoms with Crippen LogP contribution < -0.4 is 10.6 Å². The monoisotopic (exact) mass is 358 g/mol. The standard InChI is InChI=1S/C20H23ClN2O2/c1-3-14(4-2)20(25)23-17-11-9-15(10-12-17)19(24)22-13-16-7-5-6-8-18(16)21/h5-12,14H,3-4,13H2,1-2H3,(H,22,24)(H,23,25). The van der Waals surface area contributed by atoms with Crippen LogP contribution in [0.4, 0.5) is 5.69 Å². The van der Waals surface area contributed by atoms with Crippen LogP contribution in [0, 0.1) is 5.92 Å². The molecule has 4 nitrogen and oxygen atoms in total. The van der Waals surface area contributed by atoms with Gasteiger partial charge in [0.1, 0.15) is 0 Å². The molecular weight excluding hydrogens is 336 g/mol. The lowest BCUT2D eigenvalue weighted by Gasteiger charge is -2.13. The third-order valence-electron chi connectivity index (χ3n) is 4.17. The van der Waals surface area contributed by atoms with Gasteiger partial charge in [-0.3, -0.25) is 9.59 Å². The normalized spacial score (nSPS) is 10.6. The van der Waals surface area contributed by atoms with E-state index in [1.165, 1.54) is 0 Å². The Balaban J connectivity index is 1.94. The van der Waals surface area contributed by atoms with Gasteiger partial charge < -0.3 is 10.6 Å². The Morgan fingerprint density at radius 3 is 2.24 bits per heavy atom. The van der Waals surface area contributed by atoms with E-state index in [0.717, 1.165) is 18.4 Å². The second kappa shape index (κ2) is 9.23. The lowest BCUT2D eigenvalue weighted by molar-refractivity contribution is -0.120. The number of anilines is 1. The summed E-state index contributed by atoms with van der Waals surface area (Å²) in [6, 6.07) is 14.3. The molecule has 0 heterocycles. The van der Waals surface area contributed by atoms with E-state index in [9.17, 15) is 9.59 Å². The zero-order valence-electron chi connectivity index (χ0n) is 14.5. The summed E-state index contributed by atoms with van der Waals surface area (Å²) >= 11 is 6.08. The first-order valence-corrected chi connectivity index (χ1v) is 8.85. The molecule has 132 valence electrons. The number of rotatable bonds is 7. The lowest BCUT2D eigenvalue weighted by Crippen LogP contribution is -2.23. The molecule has 0 aromatic heterocycles. The topological polar surface area (TPSA) is 58.2 Å². The molecule has 2 aromatic carbocycles. The predicted octanol–water partition coefficient (Wildman–Crippen LogP) is 4.64. The molecular formula is C20H23ClN2O2. The van der Waals surface area contributed by atoms with E-state index in [2.05, 4.69) is 10.6 Å². The third-order valence-corrected chi connectivity index (χ3v) is 4.54. The lowest BCUT2D eigenvalue weighted by atomic mass is 10.0. The van der Waals surface area contributed by atoms with Crippen molar-refractivity contribution in [3.8, 4) is 0 Å². The van der Waals surface area contributed by atoms with Crippen LogP contribution >= 0.6 is 11.6 Å². The summed E-state index contributed by atoms with van der Waals surface area (Å²) in [6.07, 6.45) is 1.62. The number of halogens is 1. The number of carbonyl (C=O) groups excluding carboxylic acids is 2. The van der Waals surface area contributed by atoms with Crippen molar-refractivity contribution in [2.75, 3.05) is 5.32 Å². The molecule has 2 aromatic rings. The fourth-order valence-corrected chi connectivity index (χ4v) is 2.73. The zero-order valence-corrected chi connectivity index (χ0v) is 15.3. The summed E-state index contributed by atoms with van der Waals surface area (Å²) in [7, 11) is 0. The minimum atomic E-state index is -0.183. The first-order chi connectivity index (χ1) is 12.0. The molecule has 0 spiro atoms. The van der Waals surface area contributed by atoms with Gasteiger partial charge in [0.05, 0.1) is 0 Å². The molecule has 0 bridgehead atoms. The van der Waals surface area contributed by atoms with Gasteiger partial charge in [-0.1, -0.05) is 43.6 Å². The van der Waals surface area contributed by atoms with Crippen molar-refractivity contribution in [3.05, 3.63) is 64.7 Å². The first kappa shape index (κ1) is 19.0. The molecule has 0 fully saturated rings. The van der Waals surface area contributed by atoms with Crippen molar-refractivity contribution in [2.45, 2.75) is 33.2 Å². The van der Waals surface area contributed by atoms with Gasteiger partial charge in [-0.05, 0) is 48.7 Å². The summed E-state index contributed by atoms with van der Waals surface area (Å²) in [5, 5.41) is 6.36. The first-order valence-electron chi connectivity index (χ1n) is 8.47. The van der Waals surface area contributed by atoms with Crippen LogP contribution in [0.2, 0.25) is 5.02 Å². The number of hydrogen-bond acceptors (Lipinski definition) is 2. The van der Waals surface area contributed by atoms with Gasteiger partial charge in [-0.25, -0.2) is 0 Å². The smallest absolute Gasteiger partial charge is 0.251 e. The van der Waals surface area contributed by atoms with Crippen molar-refractivity contribution >= 4 is 29.1 Å². The molecule has 25 heavy (non-hydrogen) atoms. The fraction of sp³-hybridized carbons (Fsp3) is 0.300. The van der Waals surface area contributed by atoms with E-state index in [0.29, 0.717) is 22.8 Å². The second-order valence-electron chi connectivity index (χ2n) is 5.85. The summed E-state index contributed by atoms with van der Waals surface area (Å²) in [6.45, 7) is 4.37. The highest BCUT2D eigenvalue weighted by Crippen LogP contribution is 2.16. The van der Waals surface area contributed by atoms with E-state index in [1.54, 1.807) is 30.3 Å². The Bertz CT molecular complexity index is 725. The van der Waals surface area contributed by atoms with Crippen LogP contribution in [-0.2, 0) is 11.3 Å². The van der Waals surface area contributed by atoms with Crippen molar-refractivity contribution < 1.29 is 9.59 Å². The van der Waals surface area contributed by atoms with Gasteiger partial charge in [0, 0.05) is 28.7 Å². The minimum Gasteiger partial charge on any atom is -0.348 e. The van der Waals surface area contributed by atoms with Gasteiger partial charge in [-0.15, -0.1) is 0 Å². The van der Waals surface area contributed by atoms with E-state index in [-0.39, 0.29) is 17.7 Å². The maximum atomic E-state index is 12.2. The van der Waals surface area contributed by atoms with Gasteiger partial charge in [0.25, 0.3) is 5.91 Å². The SMILES string of the molecule is CCC(CC)C(=O)Nc1ccc(C(=O)NCc2ccccc2Cl)cc1. The number of nitrogens with one attached hydrogen (secondary N) is 2. The van der Waals surface area contributed by atoms with Crippen molar-refractivity contribution in [1.82, 2.24) is 5.32 Å². The number of benzene rings is 2. The van der Waals surface area contributed by atoms with Crippen molar-refractivity contribution in [2.24, 2.45) is 5.92 Å². The third kappa shape index (κ3) is 5.33. The maximum Gasteiger partial charge on any atom is 0.251 e. The largest absolute Gasteiger partial charge is 0.348 e. The summed E-state index contributed by atoms with van der Waals surface area (Å²) in [5.41, 5.74) is 2.10. The molecule has 0 radical (unpaired) electrons. The molecule has 0 aliphatic carbocycles. The summed E-state index contributed by atoms with van der Waals surface area (Å²) in [4.78, 5) is 24.3. The minimum absolute atomic E-state index is 0.0126. The fourth-order valence-electron chi connectivity index (χ4n) is 2.53. The Kier molecular flexibility index (Phi) is 7.02. The van der Waals surface area contributed by atoms with Crippen LogP contribution in [0.15, 0.2) is 48.5 Å². The zero-order chi connectivity index (χ0) is 18.2. The highest BCUT2D eigenvalue weighted by Gasteiger charge is 2.14. The molecule has 2 rings (SSSR count). The highest BCUT2D eigenvalue weighted by atomic mass is 35.5. The molecule has 2 N–H and O–H groups in total. The van der Waals surface area contributed by atoms with Gasteiger partial charge in [0.2, 0.25) is 5.91 Å². The quantitative estimate of drug-likeness (QED) is 0.757. The number of carbonyl (C=O) groups is 2. The highest BCUT2D eigenvalue weighted by molar-refractivity contribution is 6.31.